The molecule has 0 bridgehead atoms. The number of carbonyl (C=O) groups excluding carboxylic acids is 1. The third-order valence-electron chi connectivity index (χ3n) is 2.55. The molecule has 0 aliphatic carbocycles. The van der Waals surface area contributed by atoms with E-state index >= 15 is 0 Å². The molecule has 0 aliphatic rings. The van der Waals surface area contributed by atoms with Gasteiger partial charge in [-0.15, -0.1) is 0 Å². The highest BCUT2D eigenvalue weighted by Crippen LogP contribution is 2.23. The number of hydrogen-bond donors (Lipinski definition) is 4. The summed E-state index contributed by atoms with van der Waals surface area (Å²) in [5.41, 5.74) is -0.547. The highest BCUT2D eigenvalue weighted by Gasteiger charge is 2.15. The third kappa shape index (κ3) is 2.69. The molecule has 0 aliphatic heterocycles. The van der Waals surface area contributed by atoms with Crippen molar-refractivity contribution in [3.63, 3.8) is 0 Å². The fourth-order valence-corrected chi connectivity index (χ4v) is 1.58. The Balaban J connectivity index is 2.34. The molecule has 104 valence electrons. The summed E-state index contributed by atoms with van der Waals surface area (Å²) in [7, 11) is 1.42. The van der Waals surface area contributed by atoms with Gasteiger partial charge in [0, 0.05) is 12.3 Å². The molecule has 1 aromatic carbocycles. The van der Waals surface area contributed by atoms with Crippen LogP contribution in [0.1, 0.15) is 20.8 Å². The average Bonchev–Trinajstić information content (AvgIpc) is 2.85. The number of carboxylic acid groups (broad SMARTS) is 1. The molecular formula is C12H11N3O5. The van der Waals surface area contributed by atoms with Gasteiger partial charge in [-0.2, -0.15) is 0 Å². The SMILES string of the molecule is COc1ccc(C(=O)O)c(NC(=O)c2c[nH]c(=O)[nH]2)c1. The van der Waals surface area contributed by atoms with Crippen LogP contribution in [0.25, 0.3) is 0 Å². The van der Waals surface area contributed by atoms with Gasteiger partial charge in [0.2, 0.25) is 0 Å². The van der Waals surface area contributed by atoms with Crippen LogP contribution < -0.4 is 15.7 Å². The predicted molar refractivity (Wildman–Crippen MR) is 69.3 cm³/mol. The maximum atomic E-state index is 11.9. The predicted octanol–water partition coefficient (Wildman–Crippen LogP) is 0.662. The Morgan fingerprint density at radius 1 is 1.35 bits per heavy atom. The van der Waals surface area contributed by atoms with E-state index in [1.54, 1.807) is 0 Å². The van der Waals surface area contributed by atoms with Gasteiger partial charge in [-0.1, -0.05) is 0 Å². The summed E-state index contributed by atoms with van der Waals surface area (Å²) in [6, 6.07) is 4.17. The molecule has 1 aromatic heterocycles. The molecule has 1 heterocycles. The first-order valence-corrected chi connectivity index (χ1v) is 5.51. The molecule has 0 spiro atoms. The minimum absolute atomic E-state index is 0.00541. The van der Waals surface area contributed by atoms with Gasteiger partial charge in [0.1, 0.15) is 11.4 Å². The Morgan fingerprint density at radius 3 is 2.65 bits per heavy atom. The van der Waals surface area contributed by atoms with Gasteiger partial charge in [-0.25, -0.2) is 9.59 Å². The van der Waals surface area contributed by atoms with E-state index in [9.17, 15) is 14.4 Å². The third-order valence-corrected chi connectivity index (χ3v) is 2.55. The van der Waals surface area contributed by atoms with Crippen LogP contribution in [0.15, 0.2) is 29.2 Å². The summed E-state index contributed by atoms with van der Waals surface area (Å²) in [6.07, 6.45) is 1.19. The number of rotatable bonds is 4. The first-order chi connectivity index (χ1) is 9.51. The molecular weight excluding hydrogens is 266 g/mol. The molecule has 8 heteroatoms. The van der Waals surface area contributed by atoms with Crippen LogP contribution in [0.5, 0.6) is 5.75 Å². The molecule has 0 atom stereocenters. The van der Waals surface area contributed by atoms with Gasteiger partial charge in [0.15, 0.2) is 0 Å². The molecule has 0 unspecified atom stereocenters. The fraction of sp³-hybridized carbons (Fsp3) is 0.0833. The average molecular weight is 277 g/mol. The number of benzene rings is 1. The summed E-state index contributed by atoms with van der Waals surface area (Å²) < 4.78 is 4.97. The van der Waals surface area contributed by atoms with Crippen molar-refractivity contribution in [3.05, 3.63) is 46.1 Å². The molecule has 20 heavy (non-hydrogen) atoms. The number of imidazole rings is 1. The van der Waals surface area contributed by atoms with Crippen molar-refractivity contribution in [2.24, 2.45) is 0 Å². The van der Waals surface area contributed by atoms with Crippen LogP contribution in [0.2, 0.25) is 0 Å². The summed E-state index contributed by atoms with van der Waals surface area (Å²) in [5.74, 6) is -1.43. The van der Waals surface area contributed by atoms with E-state index in [0.717, 1.165) is 0 Å². The van der Waals surface area contributed by atoms with Crippen LogP contribution in [-0.4, -0.2) is 34.1 Å². The van der Waals surface area contributed by atoms with Crippen LogP contribution in [0.4, 0.5) is 5.69 Å². The molecule has 0 saturated heterocycles. The normalized spacial score (nSPS) is 10.1. The Morgan fingerprint density at radius 2 is 2.10 bits per heavy atom. The topological polar surface area (TPSA) is 124 Å². The Labute approximate surface area is 112 Å². The molecule has 1 amide bonds. The van der Waals surface area contributed by atoms with Crippen molar-refractivity contribution in [1.82, 2.24) is 9.97 Å². The second-order valence-corrected chi connectivity index (χ2v) is 3.83. The van der Waals surface area contributed by atoms with Crippen LogP contribution in [0.3, 0.4) is 0 Å². The highest BCUT2D eigenvalue weighted by atomic mass is 16.5. The smallest absolute Gasteiger partial charge is 0.337 e. The Hall–Kier alpha value is -3.03. The summed E-state index contributed by atoms with van der Waals surface area (Å²) in [6.45, 7) is 0. The number of aromatic nitrogens is 2. The van der Waals surface area contributed by atoms with Crippen molar-refractivity contribution >= 4 is 17.6 Å². The van der Waals surface area contributed by atoms with E-state index in [1.165, 1.54) is 31.5 Å². The van der Waals surface area contributed by atoms with E-state index in [0.29, 0.717) is 5.75 Å². The van der Waals surface area contributed by atoms with E-state index in [4.69, 9.17) is 9.84 Å². The number of carboxylic acids is 1. The number of anilines is 1. The molecule has 0 radical (unpaired) electrons. The van der Waals surface area contributed by atoms with Crippen molar-refractivity contribution in [1.29, 1.82) is 0 Å². The van der Waals surface area contributed by atoms with Crippen LogP contribution in [0, 0.1) is 0 Å². The lowest BCUT2D eigenvalue weighted by Crippen LogP contribution is -2.16. The number of nitrogens with one attached hydrogen (secondary N) is 3. The van der Waals surface area contributed by atoms with Gasteiger partial charge < -0.3 is 25.1 Å². The largest absolute Gasteiger partial charge is 0.497 e. The quantitative estimate of drug-likeness (QED) is 0.653. The number of aromatic carboxylic acids is 1. The van der Waals surface area contributed by atoms with Gasteiger partial charge >= 0.3 is 11.7 Å². The highest BCUT2D eigenvalue weighted by molar-refractivity contribution is 6.06. The van der Waals surface area contributed by atoms with Crippen molar-refractivity contribution in [2.75, 3.05) is 12.4 Å². The maximum absolute atomic E-state index is 11.9. The minimum Gasteiger partial charge on any atom is -0.497 e. The first kappa shape index (κ1) is 13.4. The Kier molecular flexibility index (Phi) is 3.56. The zero-order valence-electron chi connectivity index (χ0n) is 10.4. The molecule has 8 nitrogen and oxygen atoms in total. The zero-order valence-corrected chi connectivity index (χ0v) is 10.4. The van der Waals surface area contributed by atoms with Crippen LogP contribution in [-0.2, 0) is 0 Å². The van der Waals surface area contributed by atoms with Gasteiger partial charge in [0.05, 0.1) is 18.4 Å². The molecule has 0 saturated carbocycles. The molecule has 2 rings (SSSR count). The lowest BCUT2D eigenvalue weighted by Gasteiger charge is -2.09. The van der Waals surface area contributed by atoms with Gasteiger partial charge in [-0.3, -0.25) is 4.79 Å². The van der Waals surface area contributed by atoms with Gasteiger partial charge in [-0.05, 0) is 12.1 Å². The second kappa shape index (κ2) is 5.31. The van der Waals surface area contributed by atoms with Gasteiger partial charge in [0.25, 0.3) is 5.91 Å². The summed E-state index contributed by atoms with van der Waals surface area (Å²) in [4.78, 5) is 38.4. The van der Waals surface area contributed by atoms with E-state index in [1.807, 2.05) is 0 Å². The summed E-state index contributed by atoms with van der Waals surface area (Å²) in [5, 5.41) is 11.5. The maximum Gasteiger partial charge on any atom is 0.337 e. The number of ether oxygens (including phenoxy) is 1. The number of methoxy groups -OCH3 is 1. The van der Waals surface area contributed by atoms with Crippen molar-refractivity contribution in [2.45, 2.75) is 0 Å². The fourth-order valence-electron chi connectivity index (χ4n) is 1.58. The first-order valence-electron chi connectivity index (χ1n) is 5.51. The van der Waals surface area contributed by atoms with E-state index in [2.05, 4.69) is 15.3 Å². The standard InChI is InChI=1S/C12H11N3O5/c1-20-6-2-3-7(11(17)18)8(4-6)14-10(16)9-5-13-12(19)15-9/h2-5H,1H3,(H,14,16)(H,17,18)(H2,13,15,19). The molecule has 2 aromatic rings. The van der Waals surface area contributed by atoms with E-state index in [-0.39, 0.29) is 16.9 Å². The molecule has 4 N–H and O–H groups in total. The Bertz CT molecular complexity index is 716. The lowest BCUT2D eigenvalue weighted by molar-refractivity contribution is 0.0698. The number of amides is 1. The monoisotopic (exact) mass is 277 g/mol. The summed E-state index contributed by atoms with van der Waals surface area (Å²) >= 11 is 0. The van der Waals surface area contributed by atoms with Crippen LogP contribution >= 0.6 is 0 Å². The molecule has 0 fully saturated rings. The van der Waals surface area contributed by atoms with Crippen molar-refractivity contribution < 1.29 is 19.4 Å². The van der Waals surface area contributed by atoms with Crippen molar-refractivity contribution in [3.8, 4) is 5.75 Å². The lowest BCUT2D eigenvalue weighted by atomic mass is 10.1. The minimum atomic E-state index is -1.19. The number of H-pyrrole nitrogens is 2. The van der Waals surface area contributed by atoms with E-state index < -0.39 is 17.6 Å². The number of aromatic amines is 2. The number of hydrogen-bond acceptors (Lipinski definition) is 4. The number of carbonyl (C=O) groups is 2. The zero-order chi connectivity index (χ0) is 14.7. The second-order valence-electron chi connectivity index (χ2n) is 3.83.